The topological polar surface area (TPSA) is 133 Å². The highest BCUT2D eigenvalue weighted by atomic mass is 32.1. The highest BCUT2D eigenvalue weighted by Gasteiger charge is 2.26. The van der Waals surface area contributed by atoms with E-state index in [9.17, 15) is 9.90 Å². The van der Waals surface area contributed by atoms with E-state index in [2.05, 4.69) is 15.1 Å². The van der Waals surface area contributed by atoms with E-state index in [1.165, 1.54) is 16.0 Å². The lowest BCUT2D eigenvalue weighted by Gasteiger charge is -2.12. The van der Waals surface area contributed by atoms with Crippen molar-refractivity contribution in [3.63, 3.8) is 0 Å². The van der Waals surface area contributed by atoms with Gasteiger partial charge in [0.2, 0.25) is 0 Å². The van der Waals surface area contributed by atoms with Gasteiger partial charge in [-0.2, -0.15) is 5.10 Å². The third-order valence-electron chi connectivity index (χ3n) is 4.38. The number of hydrogen-bond acceptors (Lipinski definition) is 7. The Balaban J connectivity index is 2.01. The molecular formula is C18H16N6O2S. The molecule has 0 fully saturated rings. The van der Waals surface area contributed by atoms with Crippen molar-refractivity contribution in [3.8, 4) is 22.1 Å². The number of benzene rings is 1. The SMILES string of the molecule is Cc1ccc(O)c(C)c1-n1nc(-c2nc3cnccc3s2)c(C(N)=O)c1N. The summed E-state index contributed by atoms with van der Waals surface area (Å²) < 4.78 is 2.35. The van der Waals surface area contributed by atoms with E-state index >= 15 is 0 Å². The summed E-state index contributed by atoms with van der Waals surface area (Å²) in [6, 6.07) is 5.19. The van der Waals surface area contributed by atoms with Gasteiger partial charge in [-0.15, -0.1) is 11.3 Å². The summed E-state index contributed by atoms with van der Waals surface area (Å²) in [4.78, 5) is 20.7. The van der Waals surface area contributed by atoms with Gasteiger partial charge in [0.25, 0.3) is 5.91 Å². The quantitative estimate of drug-likeness (QED) is 0.500. The van der Waals surface area contributed by atoms with Gasteiger partial charge in [0.05, 0.1) is 16.6 Å². The minimum atomic E-state index is -0.693. The average Bonchev–Trinajstić information content (AvgIpc) is 3.20. The number of phenols is 1. The Hall–Kier alpha value is -3.46. The molecule has 0 bridgehead atoms. The van der Waals surface area contributed by atoms with Crippen LogP contribution in [0.1, 0.15) is 21.5 Å². The number of aromatic hydroxyl groups is 1. The molecule has 0 atom stereocenters. The molecule has 5 N–H and O–H groups in total. The van der Waals surface area contributed by atoms with Gasteiger partial charge >= 0.3 is 0 Å². The minimum absolute atomic E-state index is 0.101. The molecule has 27 heavy (non-hydrogen) atoms. The van der Waals surface area contributed by atoms with Crippen LogP contribution in [0.25, 0.3) is 26.6 Å². The first-order valence-electron chi connectivity index (χ1n) is 8.07. The third kappa shape index (κ3) is 2.59. The number of carbonyl (C=O) groups excluding carboxylic acids is 1. The van der Waals surface area contributed by atoms with Crippen molar-refractivity contribution in [1.82, 2.24) is 19.7 Å². The summed E-state index contributed by atoms with van der Waals surface area (Å²) in [5.74, 6) is -0.480. The first kappa shape index (κ1) is 17.0. The Kier molecular flexibility index (Phi) is 3.81. The van der Waals surface area contributed by atoms with Crippen LogP contribution in [-0.4, -0.2) is 30.8 Å². The standard InChI is InChI=1S/C18H16N6O2S/c1-8-3-4-11(25)9(2)15(8)24-16(19)13(17(20)26)14(23-24)18-22-10-7-21-6-5-12(10)27-18/h3-7,25H,19H2,1-2H3,(H2,20,26). The maximum Gasteiger partial charge on any atom is 0.254 e. The second-order valence-electron chi connectivity index (χ2n) is 6.12. The van der Waals surface area contributed by atoms with Crippen molar-refractivity contribution >= 4 is 33.3 Å². The summed E-state index contributed by atoms with van der Waals surface area (Å²) in [5, 5.41) is 15.1. The van der Waals surface area contributed by atoms with E-state index in [0.29, 0.717) is 27.5 Å². The van der Waals surface area contributed by atoms with Gasteiger partial charge in [-0.1, -0.05) is 6.07 Å². The van der Waals surface area contributed by atoms with Crippen LogP contribution in [-0.2, 0) is 0 Å². The summed E-state index contributed by atoms with van der Waals surface area (Å²) in [6.07, 6.45) is 3.31. The van der Waals surface area contributed by atoms with Crippen LogP contribution in [0.2, 0.25) is 0 Å². The predicted octanol–water partition coefficient (Wildman–Crippen LogP) is 2.55. The molecule has 3 aromatic heterocycles. The van der Waals surface area contributed by atoms with Crippen LogP contribution in [0.15, 0.2) is 30.6 Å². The predicted molar refractivity (Wildman–Crippen MR) is 104 cm³/mol. The molecule has 0 aliphatic rings. The number of pyridine rings is 1. The maximum atomic E-state index is 12.1. The zero-order valence-corrected chi connectivity index (χ0v) is 15.4. The molecule has 1 aromatic carbocycles. The molecule has 0 saturated carbocycles. The zero-order valence-electron chi connectivity index (χ0n) is 14.6. The van der Waals surface area contributed by atoms with Crippen LogP contribution in [0.4, 0.5) is 5.82 Å². The number of aromatic nitrogens is 4. The fraction of sp³-hybridized carbons (Fsp3) is 0.111. The largest absolute Gasteiger partial charge is 0.508 e. The number of amides is 1. The molecule has 0 aliphatic carbocycles. The van der Waals surface area contributed by atoms with Gasteiger partial charge in [0, 0.05) is 11.8 Å². The van der Waals surface area contributed by atoms with Crippen LogP contribution in [0, 0.1) is 13.8 Å². The summed E-state index contributed by atoms with van der Waals surface area (Å²) >= 11 is 1.37. The number of anilines is 1. The van der Waals surface area contributed by atoms with Crippen LogP contribution < -0.4 is 11.5 Å². The Morgan fingerprint density at radius 3 is 2.74 bits per heavy atom. The van der Waals surface area contributed by atoms with Crippen LogP contribution in [0.5, 0.6) is 5.75 Å². The molecule has 4 rings (SSSR count). The number of primary amides is 1. The molecule has 0 aliphatic heterocycles. The number of fused-ring (bicyclic) bond motifs is 1. The number of nitrogens with two attached hydrogens (primary N) is 2. The lowest BCUT2D eigenvalue weighted by molar-refractivity contribution is 0.100. The lowest BCUT2D eigenvalue weighted by atomic mass is 10.1. The first-order chi connectivity index (χ1) is 12.9. The lowest BCUT2D eigenvalue weighted by Crippen LogP contribution is -2.14. The van der Waals surface area contributed by atoms with Gasteiger partial charge < -0.3 is 16.6 Å². The number of phenolic OH excluding ortho intramolecular Hbond substituents is 1. The molecule has 4 aromatic rings. The fourth-order valence-electron chi connectivity index (χ4n) is 3.03. The van der Waals surface area contributed by atoms with E-state index in [1.54, 1.807) is 31.5 Å². The Bertz CT molecular complexity index is 1180. The smallest absolute Gasteiger partial charge is 0.254 e. The van der Waals surface area contributed by atoms with Gasteiger partial charge in [0.15, 0.2) is 0 Å². The zero-order chi connectivity index (χ0) is 19.3. The molecule has 0 saturated heterocycles. The monoisotopic (exact) mass is 380 g/mol. The maximum absolute atomic E-state index is 12.1. The van der Waals surface area contributed by atoms with E-state index < -0.39 is 5.91 Å². The summed E-state index contributed by atoms with van der Waals surface area (Å²) in [5.41, 5.74) is 15.0. The highest BCUT2D eigenvalue weighted by molar-refractivity contribution is 7.21. The fourth-order valence-corrected chi connectivity index (χ4v) is 3.95. The Morgan fingerprint density at radius 2 is 2.04 bits per heavy atom. The van der Waals surface area contributed by atoms with Crippen LogP contribution >= 0.6 is 11.3 Å². The number of carbonyl (C=O) groups is 1. The molecule has 0 radical (unpaired) electrons. The van der Waals surface area contributed by atoms with Crippen molar-refractivity contribution in [3.05, 3.63) is 47.3 Å². The van der Waals surface area contributed by atoms with E-state index in [0.717, 1.165) is 10.3 Å². The molecule has 1 amide bonds. The number of nitrogen functional groups attached to an aromatic ring is 1. The molecule has 136 valence electrons. The van der Waals surface area contributed by atoms with E-state index in [4.69, 9.17) is 11.5 Å². The number of thiazole rings is 1. The van der Waals surface area contributed by atoms with Crippen molar-refractivity contribution in [1.29, 1.82) is 0 Å². The molecular weight excluding hydrogens is 364 g/mol. The van der Waals surface area contributed by atoms with Gasteiger partial charge in [-0.05, 0) is 31.5 Å². The second-order valence-corrected chi connectivity index (χ2v) is 7.15. The highest BCUT2D eigenvalue weighted by Crippen LogP contribution is 2.36. The van der Waals surface area contributed by atoms with Crippen LogP contribution in [0.3, 0.4) is 0 Å². The summed E-state index contributed by atoms with van der Waals surface area (Å²) in [6.45, 7) is 3.63. The molecule has 8 nitrogen and oxygen atoms in total. The van der Waals surface area contributed by atoms with Gasteiger partial charge in [-0.3, -0.25) is 9.78 Å². The second kappa shape index (κ2) is 6.06. The number of nitrogens with zero attached hydrogens (tertiary/aromatic N) is 4. The molecule has 0 unspecified atom stereocenters. The number of rotatable bonds is 3. The normalized spacial score (nSPS) is 11.2. The molecule has 3 heterocycles. The Labute approximate surface area is 158 Å². The Morgan fingerprint density at radius 1 is 1.26 bits per heavy atom. The van der Waals surface area contributed by atoms with Crippen molar-refractivity contribution in [2.45, 2.75) is 13.8 Å². The number of aryl methyl sites for hydroxylation is 1. The number of hydrogen-bond donors (Lipinski definition) is 3. The molecule has 9 heteroatoms. The van der Waals surface area contributed by atoms with Gasteiger partial charge in [0.1, 0.15) is 33.3 Å². The van der Waals surface area contributed by atoms with Crippen molar-refractivity contribution in [2.75, 3.05) is 5.73 Å². The van der Waals surface area contributed by atoms with Crippen molar-refractivity contribution in [2.24, 2.45) is 5.73 Å². The summed E-state index contributed by atoms with van der Waals surface area (Å²) in [7, 11) is 0. The van der Waals surface area contributed by atoms with Gasteiger partial charge in [-0.25, -0.2) is 9.67 Å². The third-order valence-corrected chi connectivity index (χ3v) is 5.42. The van der Waals surface area contributed by atoms with Crippen molar-refractivity contribution < 1.29 is 9.90 Å². The van der Waals surface area contributed by atoms with E-state index in [1.807, 2.05) is 13.0 Å². The average molecular weight is 380 g/mol. The van der Waals surface area contributed by atoms with E-state index in [-0.39, 0.29) is 17.1 Å². The molecule has 0 spiro atoms. The first-order valence-corrected chi connectivity index (χ1v) is 8.89. The minimum Gasteiger partial charge on any atom is -0.508 e.